The number of aromatic nitrogens is 1. The van der Waals surface area contributed by atoms with Crippen molar-refractivity contribution in [3.05, 3.63) is 52.0 Å². The van der Waals surface area contributed by atoms with E-state index in [4.69, 9.17) is 14.5 Å². The summed E-state index contributed by atoms with van der Waals surface area (Å²) in [5, 5.41) is 18.4. The molecule has 13 heteroatoms. The molecule has 0 radical (unpaired) electrons. The summed E-state index contributed by atoms with van der Waals surface area (Å²) >= 11 is 1.31. The van der Waals surface area contributed by atoms with Gasteiger partial charge in [0.1, 0.15) is 29.6 Å². The fourth-order valence-corrected chi connectivity index (χ4v) is 8.73. The number of carboxylic acid groups (broad SMARTS) is 1. The predicted molar refractivity (Wildman–Crippen MR) is 210 cm³/mol. The minimum atomic E-state index is -0.901. The molecule has 8 atom stereocenters. The summed E-state index contributed by atoms with van der Waals surface area (Å²) < 4.78 is 11.5. The molecule has 1 aliphatic heterocycles. The van der Waals surface area contributed by atoms with E-state index in [1.165, 1.54) is 11.3 Å². The van der Waals surface area contributed by atoms with Crippen molar-refractivity contribution < 1.29 is 33.8 Å². The highest BCUT2D eigenvalue weighted by atomic mass is 32.1. The van der Waals surface area contributed by atoms with E-state index in [1.807, 2.05) is 63.1 Å². The summed E-state index contributed by atoms with van der Waals surface area (Å²) in [6, 6.07) is 8.67. The number of piperidine rings is 1. The van der Waals surface area contributed by atoms with E-state index in [1.54, 1.807) is 19.4 Å². The van der Waals surface area contributed by atoms with E-state index < -0.39 is 29.6 Å². The highest BCUT2D eigenvalue weighted by Crippen LogP contribution is 2.55. The van der Waals surface area contributed by atoms with Gasteiger partial charge in [0, 0.05) is 43.0 Å². The number of rotatable bonds is 21. The maximum atomic E-state index is 14.6. The molecule has 2 fully saturated rings. The van der Waals surface area contributed by atoms with Gasteiger partial charge in [0.2, 0.25) is 11.8 Å². The Morgan fingerprint density at radius 1 is 1.11 bits per heavy atom. The van der Waals surface area contributed by atoms with Crippen LogP contribution in [0.1, 0.15) is 126 Å². The number of ether oxygens (including phenoxy) is 2. The smallest absolute Gasteiger partial charge is 0.306 e. The van der Waals surface area contributed by atoms with Gasteiger partial charge in [0.05, 0.1) is 12.0 Å². The minimum absolute atomic E-state index is 0.00170. The Kier molecular flexibility index (Phi) is 16.0. The van der Waals surface area contributed by atoms with Gasteiger partial charge in [-0.3, -0.25) is 24.1 Å². The maximum absolute atomic E-state index is 14.6. The first-order valence-corrected chi connectivity index (χ1v) is 20.6. The summed E-state index contributed by atoms with van der Waals surface area (Å²) in [5.74, 6) is -2.13. The highest BCUT2D eigenvalue weighted by Gasteiger charge is 2.57. The van der Waals surface area contributed by atoms with Gasteiger partial charge in [0.15, 0.2) is 0 Å². The SMILES string of the molecule is CCCN(C(=O)[C@@H](NC(=O)C1CCCCN1C)C(C)CC)[C@H](C[C@@H](OCOC)c1nc(C(=O)NC2(C[C@H](C)C(=O)O)CC2c2ccccc2)cs1)C(C)C. The molecular weight excluding hydrogens is 707 g/mol. The molecule has 1 aromatic carbocycles. The van der Waals surface area contributed by atoms with Gasteiger partial charge >= 0.3 is 5.97 Å². The lowest BCUT2D eigenvalue weighted by molar-refractivity contribution is -0.144. The summed E-state index contributed by atoms with van der Waals surface area (Å²) in [5.41, 5.74) is 0.602. The zero-order valence-corrected chi connectivity index (χ0v) is 34.3. The molecule has 54 heavy (non-hydrogen) atoms. The minimum Gasteiger partial charge on any atom is -0.481 e. The molecule has 2 heterocycles. The molecule has 1 saturated carbocycles. The number of thiazole rings is 1. The first-order chi connectivity index (χ1) is 25.8. The number of benzene rings is 1. The van der Waals surface area contributed by atoms with Crippen molar-refractivity contribution in [2.24, 2.45) is 17.8 Å². The molecule has 0 spiro atoms. The maximum Gasteiger partial charge on any atom is 0.306 e. The van der Waals surface area contributed by atoms with Crippen LogP contribution < -0.4 is 10.6 Å². The van der Waals surface area contributed by atoms with Gasteiger partial charge in [-0.2, -0.15) is 0 Å². The lowest BCUT2D eigenvalue weighted by Crippen LogP contribution is -2.58. The molecule has 300 valence electrons. The van der Waals surface area contributed by atoms with Gasteiger partial charge in [-0.05, 0) is 63.1 Å². The normalized spacial score (nSPS) is 22.8. The molecule has 1 aliphatic carbocycles. The van der Waals surface area contributed by atoms with Crippen LogP contribution in [0.4, 0.5) is 0 Å². The third-order valence-electron chi connectivity index (χ3n) is 11.4. The van der Waals surface area contributed by atoms with E-state index in [0.29, 0.717) is 30.8 Å². The standard InChI is InChI=1S/C41H63N5O7S/c1-9-19-46(39(49)35(27(5)10-2)43-37(48)32-18-14-15-20-45(32)7)33(26(3)4)21-34(53-25-52-8)38-42-31(24-54-38)36(47)44-41(22-28(6)40(50)51)23-30(41)29-16-12-11-13-17-29/h11-13,16-17,24,26-28,30,32-35H,9-10,14-15,18-23,25H2,1-8H3,(H,43,48)(H,44,47)(H,50,51)/t27?,28-,30?,32?,33+,34+,35-,41?/m0/s1. The average molecular weight is 770 g/mol. The molecule has 12 nitrogen and oxygen atoms in total. The molecule has 3 N–H and O–H groups in total. The largest absolute Gasteiger partial charge is 0.481 e. The summed E-state index contributed by atoms with van der Waals surface area (Å²) in [7, 11) is 3.52. The quantitative estimate of drug-likeness (QED) is 0.126. The summed E-state index contributed by atoms with van der Waals surface area (Å²) in [6.45, 7) is 13.3. The second kappa shape index (κ2) is 20.0. The third kappa shape index (κ3) is 10.9. The number of hydrogen-bond acceptors (Lipinski definition) is 9. The number of nitrogens with zero attached hydrogens (tertiary/aromatic N) is 3. The zero-order chi connectivity index (χ0) is 39.6. The van der Waals surface area contributed by atoms with Crippen molar-refractivity contribution in [1.29, 1.82) is 0 Å². The monoisotopic (exact) mass is 769 g/mol. The predicted octanol–water partition coefficient (Wildman–Crippen LogP) is 6.24. The number of likely N-dealkylation sites (N-methyl/N-ethyl adjacent to an activating group) is 1. The molecule has 2 aromatic rings. The molecule has 4 rings (SSSR count). The molecule has 0 bridgehead atoms. The molecule has 2 aliphatic rings. The number of amides is 3. The van der Waals surface area contributed by atoms with Crippen LogP contribution in [-0.2, 0) is 23.9 Å². The van der Waals surface area contributed by atoms with Crippen molar-refractivity contribution in [2.45, 2.75) is 129 Å². The Morgan fingerprint density at radius 2 is 1.83 bits per heavy atom. The van der Waals surface area contributed by atoms with Crippen LogP contribution in [0.3, 0.4) is 0 Å². The molecule has 1 saturated heterocycles. The first kappa shape index (κ1) is 43.3. The number of carbonyl (C=O) groups excluding carboxylic acids is 3. The fraction of sp³-hybridized carbons (Fsp3) is 0.683. The van der Waals surface area contributed by atoms with Crippen LogP contribution in [0.2, 0.25) is 0 Å². The molecule has 4 unspecified atom stereocenters. The third-order valence-corrected chi connectivity index (χ3v) is 12.3. The van der Waals surface area contributed by atoms with Crippen molar-refractivity contribution in [1.82, 2.24) is 25.4 Å². The Labute approximate surface area is 325 Å². The van der Waals surface area contributed by atoms with Crippen LogP contribution in [0.15, 0.2) is 35.7 Å². The molecule has 1 aromatic heterocycles. The number of nitrogens with one attached hydrogen (secondary N) is 2. The lowest BCUT2D eigenvalue weighted by Gasteiger charge is -2.40. The second-order valence-electron chi connectivity index (χ2n) is 15.8. The van der Waals surface area contributed by atoms with E-state index in [-0.39, 0.29) is 60.0 Å². The highest BCUT2D eigenvalue weighted by molar-refractivity contribution is 7.09. The zero-order valence-electron chi connectivity index (χ0n) is 33.5. The van der Waals surface area contributed by atoms with Gasteiger partial charge in [-0.25, -0.2) is 4.98 Å². The summed E-state index contributed by atoms with van der Waals surface area (Å²) in [6.07, 6.45) is 5.07. The number of methoxy groups -OCH3 is 1. The Bertz CT molecular complexity index is 1540. The van der Waals surface area contributed by atoms with Crippen molar-refractivity contribution in [3.8, 4) is 0 Å². The number of carbonyl (C=O) groups is 4. The summed E-state index contributed by atoms with van der Waals surface area (Å²) in [4.78, 5) is 62.7. The van der Waals surface area contributed by atoms with E-state index in [9.17, 15) is 24.3 Å². The van der Waals surface area contributed by atoms with Gasteiger partial charge < -0.3 is 30.1 Å². The number of hydrogen-bond donors (Lipinski definition) is 3. The van der Waals surface area contributed by atoms with Gasteiger partial charge in [-0.1, -0.05) is 84.7 Å². The molecular formula is C41H63N5O7S. The van der Waals surface area contributed by atoms with Crippen LogP contribution in [0.25, 0.3) is 0 Å². The van der Waals surface area contributed by atoms with Gasteiger partial charge in [-0.15, -0.1) is 11.3 Å². The first-order valence-electron chi connectivity index (χ1n) is 19.7. The van der Waals surface area contributed by atoms with Crippen LogP contribution in [-0.4, -0.2) is 101 Å². The van der Waals surface area contributed by atoms with Crippen molar-refractivity contribution >= 4 is 35.0 Å². The van der Waals surface area contributed by atoms with E-state index in [2.05, 4.69) is 29.4 Å². The van der Waals surface area contributed by atoms with E-state index in [0.717, 1.165) is 44.2 Å². The molecule has 3 amide bonds. The van der Waals surface area contributed by atoms with Crippen molar-refractivity contribution in [2.75, 3.05) is 34.0 Å². The second-order valence-corrected chi connectivity index (χ2v) is 16.7. The number of aliphatic carboxylic acids is 1. The Balaban J connectivity index is 1.57. The van der Waals surface area contributed by atoms with E-state index >= 15 is 0 Å². The number of likely N-dealkylation sites (tertiary alicyclic amines) is 1. The fourth-order valence-electron chi connectivity index (χ4n) is 7.87. The Morgan fingerprint density at radius 3 is 2.44 bits per heavy atom. The lowest BCUT2D eigenvalue weighted by atomic mass is 9.92. The van der Waals surface area contributed by atoms with Crippen LogP contribution >= 0.6 is 11.3 Å². The Hall–Kier alpha value is -3.39. The van der Waals surface area contributed by atoms with Crippen LogP contribution in [0.5, 0.6) is 0 Å². The topological polar surface area (TPSA) is 150 Å². The van der Waals surface area contributed by atoms with Crippen LogP contribution in [0, 0.1) is 17.8 Å². The average Bonchev–Trinajstić information content (AvgIpc) is 3.61. The van der Waals surface area contributed by atoms with Gasteiger partial charge in [0.25, 0.3) is 5.91 Å². The number of carboxylic acids is 1. The van der Waals surface area contributed by atoms with Crippen molar-refractivity contribution in [3.63, 3.8) is 0 Å².